The molecular formula is C16H14ClN3O. The summed E-state index contributed by atoms with van der Waals surface area (Å²) in [5.41, 5.74) is 1.74. The molecule has 0 amide bonds. The Kier molecular flexibility index (Phi) is 3.88. The molecule has 2 aromatic carbocycles. The van der Waals surface area contributed by atoms with Gasteiger partial charge in [0.25, 0.3) is 5.56 Å². The van der Waals surface area contributed by atoms with Crippen LogP contribution < -0.4 is 10.9 Å². The van der Waals surface area contributed by atoms with E-state index in [1.54, 1.807) is 6.07 Å². The van der Waals surface area contributed by atoms with E-state index < -0.39 is 0 Å². The number of aromatic amines is 1. The van der Waals surface area contributed by atoms with Crippen LogP contribution in [0.15, 0.2) is 53.3 Å². The molecule has 1 aromatic heterocycles. The quantitative estimate of drug-likeness (QED) is 0.777. The molecule has 0 saturated heterocycles. The molecule has 0 aliphatic carbocycles. The zero-order valence-electron chi connectivity index (χ0n) is 11.3. The van der Waals surface area contributed by atoms with Crippen LogP contribution in [0.3, 0.4) is 0 Å². The number of rotatable bonds is 4. The number of nitrogens with zero attached hydrogens (tertiary/aromatic N) is 1. The minimum absolute atomic E-state index is 0.130. The number of hydrogen-bond donors (Lipinski definition) is 2. The molecule has 1 heterocycles. The highest BCUT2D eigenvalue weighted by atomic mass is 35.5. The minimum Gasteiger partial charge on any atom is -0.355 e. The summed E-state index contributed by atoms with van der Waals surface area (Å²) < 4.78 is 0. The standard InChI is InChI=1S/C16H14ClN3O/c17-12-7-5-11(6-8-12)9-10-18-16-19-14-4-2-1-3-13(14)15(21)20-16/h1-8H,9-10H2,(H2,18,19,20,21). The number of anilines is 1. The summed E-state index contributed by atoms with van der Waals surface area (Å²) in [5, 5.41) is 4.47. The minimum atomic E-state index is -0.130. The molecule has 21 heavy (non-hydrogen) atoms. The number of para-hydroxylation sites is 1. The third kappa shape index (κ3) is 3.23. The van der Waals surface area contributed by atoms with E-state index in [0.717, 1.165) is 11.4 Å². The second-order valence-corrected chi connectivity index (χ2v) is 5.17. The summed E-state index contributed by atoms with van der Waals surface area (Å²) in [4.78, 5) is 19.1. The van der Waals surface area contributed by atoms with E-state index in [0.29, 0.717) is 23.4 Å². The molecular weight excluding hydrogens is 286 g/mol. The maximum atomic E-state index is 11.9. The molecule has 4 nitrogen and oxygen atoms in total. The number of H-pyrrole nitrogens is 1. The fourth-order valence-corrected chi connectivity index (χ4v) is 2.27. The van der Waals surface area contributed by atoms with Crippen LogP contribution in [0.4, 0.5) is 5.95 Å². The van der Waals surface area contributed by atoms with Crippen LogP contribution >= 0.6 is 11.6 Å². The Labute approximate surface area is 126 Å². The maximum Gasteiger partial charge on any atom is 0.260 e. The number of benzene rings is 2. The Morgan fingerprint density at radius 3 is 2.67 bits per heavy atom. The van der Waals surface area contributed by atoms with Gasteiger partial charge in [0, 0.05) is 11.6 Å². The van der Waals surface area contributed by atoms with E-state index in [1.165, 1.54) is 5.56 Å². The van der Waals surface area contributed by atoms with Crippen LogP contribution in [-0.4, -0.2) is 16.5 Å². The fourth-order valence-electron chi connectivity index (χ4n) is 2.15. The van der Waals surface area contributed by atoms with E-state index in [2.05, 4.69) is 15.3 Å². The van der Waals surface area contributed by atoms with E-state index >= 15 is 0 Å². The molecule has 5 heteroatoms. The van der Waals surface area contributed by atoms with Gasteiger partial charge in [0.1, 0.15) is 0 Å². The maximum absolute atomic E-state index is 11.9. The smallest absolute Gasteiger partial charge is 0.260 e. The molecule has 0 aliphatic heterocycles. The Hall–Kier alpha value is -2.33. The van der Waals surface area contributed by atoms with Crippen molar-refractivity contribution < 1.29 is 0 Å². The van der Waals surface area contributed by atoms with Crippen molar-refractivity contribution in [3.8, 4) is 0 Å². The fraction of sp³-hybridized carbons (Fsp3) is 0.125. The molecule has 3 aromatic rings. The summed E-state index contributed by atoms with van der Waals surface area (Å²) in [6.07, 6.45) is 0.827. The molecule has 0 fully saturated rings. The molecule has 0 radical (unpaired) electrons. The Morgan fingerprint density at radius 2 is 1.86 bits per heavy atom. The van der Waals surface area contributed by atoms with Crippen molar-refractivity contribution in [2.75, 3.05) is 11.9 Å². The predicted octanol–water partition coefficient (Wildman–Crippen LogP) is 3.23. The van der Waals surface area contributed by atoms with Crippen LogP contribution in [0.1, 0.15) is 5.56 Å². The van der Waals surface area contributed by atoms with Crippen molar-refractivity contribution in [1.82, 2.24) is 9.97 Å². The number of hydrogen-bond acceptors (Lipinski definition) is 3. The molecule has 2 N–H and O–H groups in total. The molecule has 0 bridgehead atoms. The molecule has 0 spiro atoms. The topological polar surface area (TPSA) is 57.8 Å². The first-order valence-electron chi connectivity index (χ1n) is 6.70. The summed E-state index contributed by atoms with van der Waals surface area (Å²) in [6.45, 7) is 0.683. The summed E-state index contributed by atoms with van der Waals surface area (Å²) in [5.74, 6) is 0.493. The van der Waals surface area contributed by atoms with E-state index in [4.69, 9.17) is 11.6 Å². The lowest BCUT2D eigenvalue weighted by atomic mass is 10.1. The first-order valence-corrected chi connectivity index (χ1v) is 7.07. The van der Waals surface area contributed by atoms with Crippen molar-refractivity contribution in [1.29, 1.82) is 0 Å². The van der Waals surface area contributed by atoms with Gasteiger partial charge in [-0.15, -0.1) is 0 Å². The molecule has 0 saturated carbocycles. The molecule has 0 aliphatic rings. The summed E-state index contributed by atoms with van der Waals surface area (Å²) in [7, 11) is 0. The Morgan fingerprint density at radius 1 is 1.10 bits per heavy atom. The van der Waals surface area contributed by atoms with Gasteiger partial charge < -0.3 is 5.32 Å². The van der Waals surface area contributed by atoms with Crippen molar-refractivity contribution >= 4 is 28.5 Å². The van der Waals surface area contributed by atoms with Gasteiger partial charge in [-0.05, 0) is 36.2 Å². The SMILES string of the molecule is O=c1[nH]c(NCCc2ccc(Cl)cc2)nc2ccccc12. The first kappa shape index (κ1) is 13.6. The first-order chi connectivity index (χ1) is 10.2. The highest BCUT2D eigenvalue weighted by molar-refractivity contribution is 6.30. The zero-order chi connectivity index (χ0) is 14.7. The lowest BCUT2D eigenvalue weighted by molar-refractivity contribution is 0.985. The molecule has 0 atom stereocenters. The van der Waals surface area contributed by atoms with Gasteiger partial charge in [-0.2, -0.15) is 0 Å². The zero-order valence-corrected chi connectivity index (χ0v) is 12.0. The third-order valence-corrected chi connectivity index (χ3v) is 3.48. The average molecular weight is 300 g/mol. The van der Waals surface area contributed by atoms with Crippen LogP contribution in [0.2, 0.25) is 5.02 Å². The Bertz CT molecular complexity index is 812. The highest BCUT2D eigenvalue weighted by Crippen LogP contribution is 2.11. The number of fused-ring (bicyclic) bond motifs is 1. The van der Waals surface area contributed by atoms with Crippen molar-refractivity contribution in [2.45, 2.75) is 6.42 Å². The van der Waals surface area contributed by atoms with E-state index in [1.807, 2.05) is 42.5 Å². The number of aromatic nitrogens is 2. The highest BCUT2D eigenvalue weighted by Gasteiger charge is 2.02. The Balaban J connectivity index is 1.70. The largest absolute Gasteiger partial charge is 0.355 e. The van der Waals surface area contributed by atoms with Crippen molar-refractivity contribution in [3.63, 3.8) is 0 Å². The van der Waals surface area contributed by atoms with Gasteiger partial charge in [-0.1, -0.05) is 35.9 Å². The lowest BCUT2D eigenvalue weighted by Gasteiger charge is -2.06. The van der Waals surface area contributed by atoms with E-state index in [-0.39, 0.29) is 5.56 Å². The molecule has 3 rings (SSSR count). The van der Waals surface area contributed by atoms with Crippen molar-refractivity contribution in [3.05, 3.63) is 69.5 Å². The normalized spacial score (nSPS) is 10.7. The van der Waals surface area contributed by atoms with Gasteiger partial charge in [0.2, 0.25) is 5.95 Å². The van der Waals surface area contributed by atoms with Crippen LogP contribution in [0, 0.1) is 0 Å². The molecule has 0 unspecified atom stereocenters. The van der Waals surface area contributed by atoms with Gasteiger partial charge >= 0.3 is 0 Å². The third-order valence-electron chi connectivity index (χ3n) is 3.23. The van der Waals surface area contributed by atoms with Crippen LogP contribution in [0.25, 0.3) is 10.9 Å². The van der Waals surface area contributed by atoms with Crippen molar-refractivity contribution in [2.24, 2.45) is 0 Å². The van der Waals surface area contributed by atoms with Crippen LogP contribution in [0.5, 0.6) is 0 Å². The molecule has 106 valence electrons. The van der Waals surface area contributed by atoms with Crippen LogP contribution in [-0.2, 0) is 6.42 Å². The average Bonchev–Trinajstić information content (AvgIpc) is 2.49. The van der Waals surface area contributed by atoms with Gasteiger partial charge in [0.15, 0.2) is 0 Å². The van der Waals surface area contributed by atoms with E-state index in [9.17, 15) is 4.79 Å². The second kappa shape index (κ2) is 5.97. The van der Waals surface area contributed by atoms with Gasteiger partial charge in [0.05, 0.1) is 10.9 Å². The predicted molar refractivity (Wildman–Crippen MR) is 86.0 cm³/mol. The van der Waals surface area contributed by atoms with Gasteiger partial charge in [-0.3, -0.25) is 9.78 Å². The monoisotopic (exact) mass is 299 g/mol. The number of nitrogens with one attached hydrogen (secondary N) is 2. The summed E-state index contributed by atoms with van der Waals surface area (Å²) in [6, 6.07) is 15.0. The number of halogens is 1. The summed E-state index contributed by atoms with van der Waals surface area (Å²) >= 11 is 5.85. The lowest BCUT2D eigenvalue weighted by Crippen LogP contribution is -2.14. The second-order valence-electron chi connectivity index (χ2n) is 4.73. The van der Waals surface area contributed by atoms with Gasteiger partial charge in [-0.25, -0.2) is 4.98 Å².